The topological polar surface area (TPSA) is 63.3 Å². The number of carbonyl (C=O) groups is 1. The molecule has 0 unspecified atom stereocenters. The smallest absolute Gasteiger partial charge is 0.309 e. The molecule has 19 heavy (non-hydrogen) atoms. The van der Waals surface area contributed by atoms with E-state index in [1.54, 1.807) is 13.8 Å². The first-order valence-corrected chi connectivity index (χ1v) is 6.22. The van der Waals surface area contributed by atoms with Crippen LogP contribution in [0.25, 0.3) is 17.2 Å². The van der Waals surface area contributed by atoms with Crippen LogP contribution in [0.15, 0.2) is 35.1 Å². The molecule has 0 aliphatic heterocycles. The second-order valence-electron chi connectivity index (χ2n) is 5.21. The molecule has 0 saturated carbocycles. The van der Waals surface area contributed by atoms with Gasteiger partial charge in [0.2, 0.25) is 0 Å². The highest BCUT2D eigenvalue weighted by Gasteiger charge is 2.25. The zero-order valence-electron chi connectivity index (χ0n) is 11.1. The van der Waals surface area contributed by atoms with Gasteiger partial charge in [0.1, 0.15) is 5.52 Å². The van der Waals surface area contributed by atoms with Gasteiger partial charge in [0.05, 0.1) is 5.41 Å². The third-order valence-corrected chi connectivity index (χ3v) is 3.18. The van der Waals surface area contributed by atoms with Crippen LogP contribution in [0.1, 0.15) is 32.3 Å². The zero-order chi connectivity index (χ0) is 13.9. The Morgan fingerprint density at radius 3 is 3.00 bits per heavy atom. The van der Waals surface area contributed by atoms with E-state index in [0.29, 0.717) is 6.42 Å². The van der Waals surface area contributed by atoms with Crippen LogP contribution in [0, 0.1) is 5.41 Å². The lowest BCUT2D eigenvalue weighted by Gasteiger charge is -2.17. The summed E-state index contributed by atoms with van der Waals surface area (Å²) in [5.41, 5.74) is 1.94. The second-order valence-corrected chi connectivity index (χ2v) is 5.21. The van der Waals surface area contributed by atoms with E-state index in [4.69, 9.17) is 9.52 Å². The Kier molecular flexibility index (Phi) is 3.69. The van der Waals surface area contributed by atoms with E-state index >= 15 is 0 Å². The highest BCUT2D eigenvalue weighted by Crippen LogP contribution is 2.23. The maximum atomic E-state index is 11.0. The van der Waals surface area contributed by atoms with Crippen LogP contribution < -0.4 is 0 Å². The number of allylic oxidation sites excluding steroid dienone is 1. The number of rotatable bonds is 5. The summed E-state index contributed by atoms with van der Waals surface area (Å²) in [7, 11) is 0. The predicted octanol–water partition coefficient (Wildman–Crippen LogP) is 3.73. The molecule has 100 valence electrons. The Bertz CT molecular complexity index is 611. The molecule has 2 aromatic rings. The van der Waals surface area contributed by atoms with E-state index in [1.807, 2.05) is 30.4 Å². The minimum absolute atomic E-state index is 0.614. The minimum Gasteiger partial charge on any atom is -0.481 e. The molecule has 1 heterocycles. The van der Waals surface area contributed by atoms with Crippen molar-refractivity contribution in [2.45, 2.75) is 26.7 Å². The molecule has 0 amide bonds. The Labute approximate surface area is 111 Å². The number of fused-ring (bicyclic) bond motifs is 1. The zero-order valence-corrected chi connectivity index (χ0v) is 11.1. The minimum atomic E-state index is -0.760. The third kappa shape index (κ3) is 3.22. The summed E-state index contributed by atoms with van der Waals surface area (Å²) < 4.78 is 5.23. The average Bonchev–Trinajstić information content (AvgIpc) is 2.81. The van der Waals surface area contributed by atoms with Gasteiger partial charge < -0.3 is 9.52 Å². The van der Waals surface area contributed by atoms with E-state index in [1.165, 1.54) is 6.39 Å². The summed E-state index contributed by atoms with van der Waals surface area (Å²) in [6.07, 6.45) is 6.73. The van der Waals surface area contributed by atoms with E-state index in [0.717, 1.165) is 23.1 Å². The number of nitrogens with zero attached hydrogens (tertiary/aromatic N) is 1. The molecular formula is C15H17NO3. The lowest BCUT2D eigenvalue weighted by Crippen LogP contribution is -2.22. The van der Waals surface area contributed by atoms with Gasteiger partial charge in [-0.1, -0.05) is 18.2 Å². The van der Waals surface area contributed by atoms with Gasteiger partial charge in [-0.3, -0.25) is 4.79 Å². The highest BCUT2D eigenvalue weighted by atomic mass is 16.4. The number of aromatic nitrogens is 1. The fourth-order valence-electron chi connectivity index (χ4n) is 1.75. The average molecular weight is 259 g/mol. The van der Waals surface area contributed by atoms with Crippen molar-refractivity contribution in [3.63, 3.8) is 0 Å². The number of carboxylic acids is 1. The largest absolute Gasteiger partial charge is 0.481 e. The summed E-state index contributed by atoms with van der Waals surface area (Å²) in [5, 5.41) is 9.01. The van der Waals surface area contributed by atoms with E-state index < -0.39 is 11.4 Å². The second kappa shape index (κ2) is 5.26. The quantitative estimate of drug-likeness (QED) is 0.888. The van der Waals surface area contributed by atoms with Gasteiger partial charge in [0, 0.05) is 0 Å². The van der Waals surface area contributed by atoms with Crippen LogP contribution in [-0.2, 0) is 4.79 Å². The van der Waals surface area contributed by atoms with Crippen molar-refractivity contribution >= 4 is 23.1 Å². The van der Waals surface area contributed by atoms with Crippen LogP contribution in [0.4, 0.5) is 0 Å². The van der Waals surface area contributed by atoms with E-state index in [2.05, 4.69) is 4.98 Å². The van der Waals surface area contributed by atoms with Crippen LogP contribution in [0.2, 0.25) is 0 Å². The molecule has 0 bridgehead atoms. The van der Waals surface area contributed by atoms with Crippen molar-refractivity contribution in [2.75, 3.05) is 0 Å². The van der Waals surface area contributed by atoms with E-state index in [-0.39, 0.29) is 0 Å². The highest BCUT2D eigenvalue weighted by molar-refractivity contribution is 5.75. The molecule has 0 saturated heterocycles. The van der Waals surface area contributed by atoms with Gasteiger partial charge in [-0.05, 0) is 44.4 Å². The molecule has 2 rings (SSSR count). The summed E-state index contributed by atoms with van der Waals surface area (Å²) >= 11 is 0. The number of aliphatic carboxylic acids is 1. The first-order chi connectivity index (χ1) is 8.99. The van der Waals surface area contributed by atoms with Crippen molar-refractivity contribution in [1.82, 2.24) is 4.98 Å². The summed E-state index contributed by atoms with van der Waals surface area (Å²) in [6.45, 7) is 3.48. The van der Waals surface area contributed by atoms with Gasteiger partial charge in [0.25, 0.3) is 0 Å². The maximum absolute atomic E-state index is 11.0. The number of oxazole rings is 1. The molecule has 0 aliphatic carbocycles. The van der Waals surface area contributed by atoms with Gasteiger partial charge >= 0.3 is 5.97 Å². The number of hydrogen-bond acceptors (Lipinski definition) is 3. The van der Waals surface area contributed by atoms with Crippen molar-refractivity contribution in [2.24, 2.45) is 5.41 Å². The van der Waals surface area contributed by atoms with E-state index in [9.17, 15) is 4.79 Å². The molecule has 0 radical (unpaired) electrons. The Morgan fingerprint density at radius 1 is 1.47 bits per heavy atom. The molecule has 0 atom stereocenters. The van der Waals surface area contributed by atoms with Crippen molar-refractivity contribution in [3.05, 3.63) is 36.2 Å². The molecule has 1 aromatic carbocycles. The monoisotopic (exact) mass is 259 g/mol. The Morgan fingerprint density at radius 2 is 2.26 bits per heavy atom. The Hall–Kier alpha value is -2.10. The standard InChI is InChI=1S/C15H17NO3/c1-15(2,14(17)18)8-4-3-5-11-6-7-12-13(9-11)19-10-16-12/h3,5-7,9-10H,4,8H2,1-2H3,(H,17,18)/b5-3+. The van der Waals surface area contributed by atoms with Crippen LogP contribution in [0.3, 0.4) is 0 Å². The number of benzene rings is 1. The fraction of sp³-hybridized carbons (Fsp3) is 0.333. The van der Waals surface area contributed by atoms with Crippen molar-refractivity contribution in [3.8, 4) is 0 Å². The van der Waals surface area contributed by atoms with Gasteiger partial charge in [-0.2, -0.15) is 0 Å². The van der Waals surface area contributed by atoms with Crippen LogP contribution in [-0.4, -0.2) is 16.1 Å². The molecule has 4 nitrogen and oxygen atoms in total. The molecule has 4 heteroatoms. The molecule has 0 aliphatic rings. The molecule has 0 spiro atoms. The summed E-state index contributed by atoms with van der Waals surface area (Å²) in [4.78, 5) is 15.0. The molecule has 1 N–H and O–H groups in total. The van der Waals surface area contributed by atoms with Gasteiger partial charge in [0.15, 0.2) is 12.0 Å². The molecule has 1 aromatic heterocycles. The summed E-state index contributed by atoms with van der Waals surface area (Å²) in [5.74, 6) is -0.760. The maximum Gasteiger partial charge on any atom is 0.309 e. The fourth-order valence-corrected chi connectivity index (χ4v) is 1.75. The first kappa shape index (κ1) is 13.3. The third-order valence-electron chi connectivity index (χ3n) is 3.18. The molecular weight excluding hydrogens is 242 g/mol. The number of hydrogen-bond donors (Lipinski definition) is 1. The summed E-state index contributed by atoms with van der Waals surface area (Å²) in [6, 6.07) is 5.78. The van der Waals surface area contributed by atoms with Gasteiger partial charge in [-0.25, -0.2) is 4.98 Å². The SMILES string of the molecule is CC(C)(CC/C=C/c1ccc2ncoc2c1)C(=O)O. The first-order valence-electron chi connectivity index (χ1n) is 6.22. The van der Waals surface area contributed by atoms with Crippen molar-refractivity contribution in [1.29, 1.82) is 0 Å². The van der Waals surface area contributed by atoms with Crippen LogP contribution >= 0.6 is 0 Å². The number of carboxylic acid groups (broad SMARTS) is 1. The Balaban J connectivity index is 1.97. The lowest BCUT2D eigenvalue weighted by molar-refractivity contribution is -0.147. The molecule has 0 fully saturated rings. The van der Waals surface area contributed by atoms with Gasteiger partial charge in [-0.15, -0.1) is 0 Å². The normalized spacial score (nSPS) is 12.3. The predicted molar refractivity (Wildman–Crippen MR) is 73.7 cm³/mol. The van der Waals surface area contributed by atoms with Crippen molar-refractivity contribution < 1.29 is 14.3 Å². The van der Waals surface area contributed by atoms with Crippen LogP contribution in [0.5, 0.6) is 0 Å². The lowest BCUT2D eigenvalue weighted by atomic mass is 9.88.